The van der Waals surface area contributed by atoms with Crippen LogP contribution in [0.1, 0.15) is 31.7 Å². The van der Waals surface area contributed by atoms with Crippen molar-refractivity contribution in [2.45, 2.75) is 62.4 Å². The Bertz CT molecular complexity index is 1770. The minimum atomic E-state index is -4.27. The highest BCUT2D eigenvalue weighted by molar-refractivity contribution is 8.44. The summed E-state index contributed by atoms with van der Waals surface area (Å²) in [7, 11) is 0. The molecule has 0 saturated carbocycles. The van der Waals surface area contributed by atoms with E-state index in [2.05, 4.69) is 42.2 Å². The molecule has 3 fully saturated rings. The van der Waals surface area contributed by atoms with Crippen LogP contribution in [0.4, 0.5) is 20.5 Å². The number of halogens is 2. The smallest absolute Gasteiger partial charge is 0.382 e. The number of rotatable bonds is 2. The molecule has 42 heavy (non-hydrogen) atoms. The van der Waals surface area contributed by atoms with Crippen LogP contribution in [0, 0.1) is 5.92 Å². The van der Waals surface area contributed by atoms with E-state index in [0.717, 1.165) is 0 Å². The third kappa shape index (κ3) is 4.55. The Morgan fingerprint density at radius 3 is 2.52 bits per heavy atom. The van der Waals surface area contributed by atoms with Gasteiger partial charge in [0.15, 0.2) is 47.4 Å². The van der Waals surface area contributed by atoms with Gasteiger partial charge < -0.3 is 20.9 Å². The van der Waals surface area contributed by atoms with Crippen molar-refractivity contribution >= 4 is 53.1 Å². The summed E-state index contributed by atoms with van der Waals surface area (Å²) >= 11 is 4.07. The SMILES string of the molecule is Nc1nc2c(ncn2[C@@H]2OC3CCC[C@H]4[C@H](F)[C@H](n5cnc6c(N)ncnc65)O[C@@H]4COP(=O)(S)O[C@@H]2[C@@H]3F)c(=O)[nH]1. The molecule has 0 radical (unpaired) electrons. The lowest BCUT2D eigenvalue weighted by molar-refractivity contribution is -0.0418. The number of nitrogen functional groups attached to an aromatic ring is 2. The van der Waals surface area contributed by atoms with E-state index < -0.39 is 61.4 Å². The monoisotopic (exact) mass is 626 g/mol. The zero-order chi connectivity index (χ0) is 29.3. The van der Waals surface area contributed by atoms with Gasteiger partial charge in [0.05, 0.1) is 31.5 Å². The minimum absolute atomic E-state index is 0.0234. The quantitative estimate of drug-likeness (QED) is 0.185. The summed E-state index contributed by atoms with van der Waals surface area (Å²) in [4.78, 5) is 35.0. The Labute approximate surface area is 239 Å². The van der Waals surface area contributed by atoms with Crippen molar-refractivity contribution < 1.29 is 31.9 Å². The highest BCUT2D eigenvalue weighted by atomic mass is 32.7. The topological polar surface area (TPSA) is 213 Å². The molecule has 4 aromatic rings. The van der Waals surface area contributed by atoms with Gasteiger partial charge in [-0.25, -0.2) is 33.3 Å². The average Bonchev–Trinajstić information content (AvgIpc) is 3.69. The first-order valence-electron chi connectivity index (χ1n) is 13.0. The van der Waals surface area contributed by atoms with Crippen molar-refractivity contribution in [2.24, 2.45) is 5.92 Å². The molecule has 7 heterocycles. The molecule has 16 nitrogen and oxygen atoms in total. The second-order valence-corrected chi connectivity index (χ2v) is 13.2. The maximum atomic E-state index is 16.0. The van der Waals surface area contributed by atoms with E-state index in [1.165, 1.54) is 28.1 Å². The molecule has 0 aromatic carbocycles. The van der Waals surface area contributed by atoms with E-state index >= 15 is 8.78 Å². The molecule has 224 valence electrons. The lowest BCUT2D eigenvalue weighted by Crippen LogP contribution is -2.32. The van der Waals surface area contributed by atoms with Crippen molar-refractivity contribution in [1.82, 2.24) is 39.0 Å². The molecule has 4 aromatic heterocycles. The number of fused-ring (bicyclic) bond motifs is 5. The Morgan fingerprint density at radius 1 is 0.976 bits per heavy atom. The van der Waals surface area contributed by atoms with Gasteiger partial charge in [-0.05, 0) is 12.8 Å². The van der Waals surface area contributed by atoms with E-state index in [9.17, 15) is 9.36 Å². The molecule has 0 amide bonds. The van der Waals surface area contributed by atoms with Crippen molar-refractivity contribution in [3.05, 3.63) is 29.3 Å². The van der Waals surface area contributed by atoms with Gasteiger partial charge in [0.25, 0.3) is 5.56 Å². The maximum Gasteiger partial charge on any atom is 0.386 e. The maximum absolute atomic E-state index is 16.0. The number of hydrogen-bond donors (Lipinski definition) is 4. The van der Waals surface area contributed by atoms with Gasteiger partial charge in [-0.3, -0.25) is 28.0 Å². The largest absolute Gasteiger partial charge is 0.386 e. The number of nitrogens with zero attached hydrogens (tertiary/aromatic N) is 7. The first-order chi connectivity index (χ1) is 20.1. The number of hydrogen-bond acceptors (Lipinski definition) is 13. The number of ether oxygens (including phenoxy) is 2. The molecular formula is C22H25F2N10O6PS. The molecule has 20 heteroatoms. The lowest BCUT2D eigenvalue weighted by Gasteiger charge is -2.26. The van der Waals surface area contributed by atoms with E-state index in [1.807, 2.05) is 0 Å². The van der Waals surface area contributed by atoms with Crippen LogP contribution in [0.25, 0.3) is 22.3 Å². The van der Waals surface area contributed by atoms with Crippen LogP contribution in [-0.4, -0.2) is 76.3 Å². The Balaban J connectivity index is 1.17. The van der Waals surface area contributed by atoms with Crippen LogP contribution in [-0.2, 0) is 23.1 Å². The van der Waals surface area contributed by atoms with E-state index in [1.54, 1.807) is 0 Å². The molecule has 7 rings (SSSR count). The zero-order valence-electron chi connectivity index (χ0n) is 21.6. The fraction of sp³-hybridized carbons (Fsp3) is 0.545. The fourth-order valence-corrected chi connectivity index (χ4v) is 7.30. The van der Waals surface area contributed by atoms with E-state index in [0.29, 0.717) is 17.6 Å². The molecule has 3 aliphatic rings. The number of alkyl halides is 2. The van der Waals surface area contributed by atoms with Gasteiger partial charge in [-0.2, -0.15) is 4.98 Å². The van der Waals surface area contributed by atoms with Crippen LogP contribution in [0.15, 0.2) is 23.8 Å². The predicted octanol–water partition coefficient (Wildman–Crippen LogP) is 1.83. The minimum Gasteiger partial charge on any atom is -0.382 e. The van der Waals surface area contributed by atoms with Gasteiger partial charge in [0, 0.05) is 5.92 Å². The van der Waals surface area contributed by atoms with Crippen molar-refractivity contribution in [3.63, 3.8) is 0 Å². The third-order valence-electron chi connectivity index (χ3n) is 7.81. The second kappa shape index (κ2) is 10.2. The first kappa shape index (κ1) is 27.6. The molecule has 5 N–H and O–H groups in total. The lowest BCUT2D eigenvalue weighted by atomic mass is 9.92. The molecule has 2 bridgehead atoms. The van der Waals surface area contributed by atoms with Crippen LogP contribution in [0.2, 0.25) is 0 Å². The number of nitrogens with two attached hydrogens (primary N) is 2. The van der Waals surface area contributed by atoms with Crippen molar-refractivity contribution in [1.29, 1.82) is 0 Å². The summed E-state index contributed by atoms with van der Waals surface area (Å²) in [5, 5.41) is 0. The summed E-state index contributed by atoms with van der Waals surface area (Å²) in [5.41, 5.74) is 11.5. The molecule has 2 unspecified atom stereocenters. The highest BCUT2D eigenvalue weighted by Gasteiger charge is 2.52. The number of thiol groups is 1. The predicted molar refractivity (Wildman–Crippen MR) is 145 cm³/mol. The average molecular weight is 627 g/mol. The molecule has 3 saturated heterocycles. The number of nitrogens with one attached hydrogen (secondary N) is 1. The van der Waals surface area contributed by atoms with Gasteiger partial charge in [-0.15, -0.1) is 0 Å². The second-order valence-electron chi connectivity index (χ2n) is 10.3. The van der Waals surface area contributed by atoms with Crippen molar-refractivity contribution in [2.75, 3.05) is 18.1 Å². The molecule has 0 spiro atoms. The molecular weight excluding hydrogens is 601 g/mol. The fourth-order valence-electron chi connectivity index (χ4n) is 5.85. The van der Waals surface area contributed by atoms with E-state index in [-0.39, 0.29) is 42.4 Å². The molecule has 9 atom stereocenters. The third-order valence-corrected chi connectivity index (χ3v) is 9.42. The summed E-state index contributed by atoms with van der Waals surface area (Å²) < 4.78 is 71.1. The zero-order valence-corrected chi connectivity index (χ0v) is 23.4. The number of aromatic amines is 1. The normalized spacial score (nSPS) is 35.7. The van der Waals surface area contributed by atoms with Gasteiger partial charge in [0.1, 0.15) is 17.9 Å². The standard InChI is InChI=1S/C22H25F2N10O6PS/c23-11-8-2-1-3-9-12(24)15(21(38-9)34-7-30-14-18(34)31-22(26)32-19(14)35)40-41(36,42)37-4-10(8)39-20(11)33-6-29-13-16(25)27-5-28-17(13)33/h5-12,15,20-21H,1-4H2,(H,36,42)(H2,25,27,28)(H3,26,31,32,35)/t8-,9?,10-,11+,12-,15-,20-,21-,41?/m1/s1. The van der Waals surface area contributed by atoms with Crippen molar-refractivity contribution in [3.8, 4) is 0 Å². The summed E-state index contributed by atoms with van der Waals surface area (Å²) in [5.74, 6) is -0.765. The van der Waals surface area contributed by atoms with Crippen LogP contribution in [0.3, 0.4) is 0 Å². The Hall–Kier alpha value is -3.22. The molecule has 3 aliphatic heterocycles. The van der Waals surface area contributed by atoms with Gasteiger partial charge >= 0.3 is 6.80 Å². The number of aromatic nitrogens is 8. The van der Waals surface area contributed by atoms with E-state index in [4.69, 9.17) is 30.0 Å². The summed E-state index contributed by atoms with van der Waals surface area (Å²) in [6, 6.07) is 0. The van der Waals surface area contributed by atoms with Crippen LogP contribution >= 0.6 is 19.0 Å². The highest BCUT2D eigenvalue weighted by Crippen LogP contribution is 2.58. The van der Waals surface area contributed by atoms with Gasteiger partial charge in [0.2, 0.25) is 5.95 Å². The number of H-pyrrole nitrogens is 1. The number of anilines is 2. The summed E-state index contributed by atoms with van der Waals surface area (Å²) in [6.07, 6.45) is -4.39. The number of imidazole rings is 2. The first-order valence-corrected chi connectivity index (χ1v) is 15.7. The molecule has 0 aliphatic carbocycles. The summed E-state index contributed by atoms with van der Waals surface area (Å²) in [6.45, 7) is -4.62. The van der Waals surface area contributed by atoms with Crippen LogP contribution in [0.5, 0.6) is 0 Å². The van der Waals surface area contributed by atoms with Crippen LogP contribution < -0.4 is 17.0 Å². The Kier molecular flexibility index (Phi) is 6.70. The van der Waals surface area contributed by atoms with Gasteiger partial charge in [-0.1, -0.05) is 18.7 Å². The Morgan fingerprint density at radius 2 is 1.71 bits per heavy atom.